The smallest absolute Gasteiger partial charge is 0.192 e. The Labute approximate surface area is 202 Å². The average Bonchev–Trinajstić information content (AvgIpc) is 2.89. The molecule has 0 saturated heterocycles. The molecule has 5 aromatic rings. The number of benzene rings is 3. The third-order valence-electron chi connectivity index (χ3n) is 6.49. The van der Waals surface area contributed by atoms with E-state index in [2.05, 4.69) is 145 Å². The zero-order valence-corrected chi connectivity index (χ0v) is 19.9. The predicted molar refractivity (Wildman–Crippen MR) is 139 cm³/mol. The summed E-state index contributed by atoms with van der Waals surface area (Å²) in [4.78, 5) is 0. The fourth-order valence-electron chi connectivity index (χ4n) is 4.67. The Morgan fingerprint density at radius 1 is 0.471 bits per heavy atom. The van der Waals surface area contributed by atoms with Gasteiger partial charge in [-0.25, -0.2) is 0 Å². The van der Waals surface area contributed by atoms with Crippen molar-refractivity contribution in [2.45, 2.75) is 26.9 Å². The van der Waals surface area contributed by atoms with Crippen LogP contribution in [0, 0.1) is 13.8 Å². The lowest BCUT2D eigenvalue weighted by Gasteiger charge is -2.10. The van der Waals surface area contributed by atoms with Crippen LogP contribution in [-0.4, -0.2) is 0 Å². The molecular weight excluding hydrogens is 412 g/mol. The van der Waals surface area contributed by atoms with Gasteiger partial charge in [0.05, 0.1) is 0 Å². The zero-order chi connectivity index (χ0) is 23.3. The van der Waals surface area contributed by atoms with Crippen LogP contribution in [0.15, 0.2) is 122 Å². The molecule has 0 radical (unpaired) electrons. The van der Waals surface area contributed by atoms with Crippen LogP contribution in [0.5, 0.6) is 0 Å². The highest BCUT2D eigenvalue weighted by molar-refractivity contribution is 5.70. The minimum Gasteiger partial charge on any atom is -0.192 e. The number of nitrogens with zero attached hydrogens (tertiary/aromatic N) is 2. The summed E-state index contributed by atoms with van der Waals surface area (Å²) in [7, 11) is 0. The monoisotopic (exact) mass is 442 g/mol. The Morgan fingerprint density at radius 3 is 1.65 bits per heavy atom. The number of hydrogen-bond donors (Lipinski definition) is 0. The van der Waals surface area contributed by atoms with Gasteiger partial charge in [0.1, 0.15) is 0 Å². The van der Waals surface area contributed by atoms with E-state index in [1.807, 2.05) is 0 Å². The van der Waals surface area contributed by atoms with E-state index in [4.69, 9.17) is 0 Å². The van der Waals surface area contributed by atoms with Gasteiger partial charge in [-0.05, 0) is 60.4 Å². The first kappa shape index (κ1) is 21.8. The minimum atomic E-state index is 0.892. The molecule has 2 nitrogen and oxygen atoms in total. The lowest BCUT2D eigenvalue weighted by atomic mass is 9.98. The molecule has 0 aliphatic heterocycles. The van der Waals surface area contributed by atoms with Crippen LogP contribution in [0.2, 0.25) is 0 Å². The van der Waals surface area contributed by atoms with Crippen molar-refractivity contribution in [3.05, 3.63) is 133 Å². The molecule has 0 saturated carbocycles. The first-order chi connectivity index (χ1) is 16.7. The molecular formula is C32H30N2+2. The fourth-order valence-corrected chi connectivity index (χ4v) is 4.67. The molecule has 0 spiro atoms. The van der Waals surface area contributed by atoms with Crippen LogP contribution in [0.25, 0.3) is 33.6 Å². The summed E-state index contributed by atoms with van der Waals surface area (Å²) >= 11 is 0. The highest BCUT2D eigenvalue weighted by Crippen LogP contribution is 2.27. The second-order valence-corrected chi connectivity index (χ2v) is 8.77. The standard InChI is InChI=1S/C32H30N2/c1-25-12-6-7-15-29(25)31-16-8-10-20-33(31)22-23-34-21-11-9-17-32(34)30-19-18-28(24-26(30)2)27-13-4-3-5-14-27/h3-21,24H,22-23H2,1-2H3/q+2. The molecule has 0 amide bonds. The second-order valence-electron chi connectivity index (χ2n) is 8.77. The molecule has 0 unspecified atom stereocenters. The van der Waals surface area contributed by atoms with Gasteiger partial charge in [-0.3, -0.25) is 0 Å². The van der Waals surface area contributed by atoms with E-state index >= 15 is 0 Å². The quantitative estimate of drug-likeness (QED) is 0.262. The summed E-state index contributed by atoms with van der Waals surface area (Å²) in [6, 6.07) is 38.9. The van der Waals surface area contributed by atoms with Gasteiger partial charge in [-0.2, -0.15) is 9.13 Å². The van der Waals surface area contributed by atoms with Gasteiger partial charge in [0.2, 0.25) is 24.5 Å². The van der Waals surface area contributed by atoms with Crippen molar-refractivity contribution in [2.75, 3.05) is 0 Å². The van der Waals surface area contributed by atoms with Crippen LogP contribution < -0.4 is 9.13 Å². The number of aryl methyl sites for hydroxylation is 4. The van der Waals surface area contributed by atoms with E-state index in [-0.39, 0.29) is 0 Å². The van der Waals surface area contributed by atoms with Gasteiger partial charge < -0.3 is 0 Å². The summed E-state index contributed by atoms with van der Waals surface area (Å²) in [5.41, 5.74) is 10.1. The predicted octanol–water partition coefficient (Wildman–Crippen LogP) is 6.58. The van der Waals surface area contributed by atoms with E-state index in [0.29, 0.717) is 0 Å². The molecule has 0 aliphatic rings. The second kappa shape index (κ2) is 9.84. The molecule has 0 bridgehead atoms. The lowest BCUT2D eigenvalue weighted by molar-refractivity contribution is -0.768. The summed E-state index contributed by atoms with van der Waals surface area (Å²) < 4.78 is 4.73. The van der Waals surface area contributed by atoms with Gasteiger partial charge in [-0.15, -0.1) is 0 Å². The molecule has 0 N–H and O–H groups in total. The highest BCUT2D eigenvalue weighted by Gasteiger charge is 2.19. The summed E-state index contributed by atoms with van der Waals surface area (Å²) in [6.45, 7) is 6.18. The van der Waals surface area contributed by atoms with Crippen molar-refractivity contribution in [1.29, 1.82) is 0 Å². The van der Waals surface area contributed by atoms with Crippen LogP contribution in [0.3, 0.4) is 0 Å². The van der Waals surface area contributed by atoms with Gasteiger partial charge in [0, 0.05) is 35.4 Å². The van der Waals surface area contributed by atoms with Crippen molar-refractivity contribution in [3.8, 4) is 33.6 Å². The van der Waals surface area contributed by atoms with Crippen LogP contribution in [0.1, 0.15) is 11.1 Å². The molecule has 2 heterocycles. The topological polar surface area (TPSA) is 7.76 Å². The Balaban J connectivity index is 1.44. The number of hydrogen-bond acceptors (Lipinski definition) is 0. The van der Waals surface area contributed by atoms with Gasteiger partial charge in [-0.1, -0.05) is 60.7 Å². The molecule has 2 heteroatoms. The first-order valence-electron chi connectivity index (χ1n) is 11.9. The Kier molecular flexibility index (Phi) is 6.31. The average molecular weight is 443 g/mol. The first-order valence-corrected chi connectivity index (χ1v) is 11.9. The molecule has 0 atom stereocenters. The van der Waals surface area contributed by atoms with Crippen molar-refractivity contribution in [3.63, 3.8) is 0 Å². The van der Waals surface area contributed by atoms with E-state index in [9.17, 15) is 0 Å². The maximum Gasteiger partial charge on any atom is 0.212 e. The van der Waals surface area contributed by atoms with Crippen LogP contribution in [-0.2, 0) is 13.1 Å². The molecule has 0 aliphatic carbocycles. The highest BCUT2D eigenvalue weighted by atomic mass is 15.0. The maximum absolute atomic E-state index is 2.37. The summed E-state index contributed by atoms with van der Waals surface area (Å²) in [6.07, 6.45) is 4.38. The van der Waals surface area contributed by atoms with Gasteiger partial charge >= 0.3 is 0 Å². The molecule has 0 fully saturated rings. The van der Waals surface area contributed by atoms with Crippen molar-refractivity contribution in [1.82, 2.24) is 0 Å². The Bertz CT molecular complexity index is 1420. The normalized spacial score (nSPS) is 10.9. The largest absolute Gasteiger partial charge is 0.212 e. The Morgan fingerprint density at radius 2 is 1.03 bits per heavy atom. The van der Waals surface area contributed by atoms with E-state index in [1.54, 1.807) is 0 Å². The molecule has 166 valence electrons. The lowest BCUT2D eigenvalue weighted by Crippen LogP contribution is -2.46. The maximum atomic E-state index is 2.37. The van der Waals surface area contributed by atoms with Crippen molar-refractivity contribution >= 4 is 0 Å². The molecule has 2 aromatic heterocycles. The minimum absolute atomic E-state index is 0.892. The Hall–Kier alpha value is -4.04. The number of aromatic nitrogens is 2. The van der Waals surface area contributed by atoms with Crippen LogP contribution >= 0.6 is 0 Å². The van der Waals surface area contributed by atoms with Crippen LogP contribution in [0.4, 0.5) is 0 Å². The summed E-state index contributed by atoms with van der Waals surface area (Å²) in [5, 5.41) is 0. The molecule has 3 aromatic carbocycles. The van der Waals surface area contributed by atoms with Crippen molar-refractivity contribution in [2.24, 2.45) is 0 Å². The molecule has 34 heavy (non-hydrogen) atoms. The zero-order valence-electron chi connectivity index (χ0n) is 19.9. The number of pyridine rings is 2. The van der Waals surface area contributed by atoms with Crippen molar-refractivity contribution < 1.29 is 9.13 Å². The van der Waals surface area contributed by atoms with E-state index in [0.717, 1.165) is 13.1 Å². The SMILES string of the molecule is Cc1ccccc1-c1cccc[n+]1CC[n+]1ccccc1-c1ccc(-c2ccccc2)cc1C. The van der Waals surface area contributed by atoms with Gasteiger partial charge in [0.25, 0.3) is 0 Å². The van der Waals surface area contributed by atoms with E-state index < -0.39 is 0 Å². The summed E-state index contributed by atoms with van der Waals surface area (Å²) in [5.74, 6) is 0. The molecule has 5 rings (SSSR count). The number of rotatable bonds is 6. The van der Waals surface area contributed by atoms with E-state index in [1.165, 1.54) is 44.8 Å². The fraction of sp³-hybridized carbons (Fsp3) is 0.125. The third kappa shape index (κ3) is 4.53. The van der Waals surface area contributed by atoms with Gasteiger partial charge in [0.15, 0.2) is 12.4 Å². The third-order valence-corrected chi connectivity index (χ3v) is 6.49.